The van der Waals surface area contributed by atoms with E-state index in [9.17, 15) is 0 Å². The Balaban J connectivity index is 0.00000144. The molecule has 0 fully saturated rings. The number of pyridine rings is 1. The van der Waals surface area contributed by atoms with Crippen molar-refractivity contribution in [2.24, 2.45) is 7.05 Å². The summed E-state index contributed by atoms with van der Waals surface area (Å²) < 4.78 is 7.19. The summed E-state index contributed by atoms with van der Waals surface area (Å²) in [5, 5.41) is 4.01. The van der Waals surface area contributed by atoms with Gasteiger partial charge in [0.1, 0.15) is 5.88 Å². The molecule has 2 aromatic heterocycles. The van der Waals surface area contributed by atoms with Crippen LogP contribution in [0.25, 0.3) is 0 Å². The molecule has 0 saturated carbocycles. The van der Waals surface area contributed by atoms with Crippen molar-refractivity contribution in [1.29, 1.82) is 0 Å². The van der Waals surface area contributed by atoms with Crippen LogP contribution in [0.4, 0.5) is 0 Å². The molecule has 0 aliphatic rings. The Kier molecular flexibility index (Phi) is 5.28. The van der Waals surface area contributed by atoms with Crippen LogP contribution in [0.3, 0.4) is 0 Å². The van der Waals surface area contributed by atoms with Crippen LogP contribution in [-0.2, 0) is 39.8 Å². The van der Waals surface area contributed by atoms with Crippen LogP contribution in [0, 0.1) is 6.07 Å². The number of hydrogen-bond donors (Lipinski definition) is 0. The third-order valence-corrected chi connectivity index (χ3v) is 2.22. The van der Waals surface area contributed by atoms with Gasteiger partial charge >= 0.3 is 0 Å². The predicted molar refractivity (Wildman–Crippen MR) is 60.4 cm³/mol. The van der Waals surface area contributed by atoms with Crippen molar-refractivity contribution >= 4 is 0 Å². The molecule has 0 bridgehead atoms. The molecule has 0 spiro atoms. The smallest absolute Gasteiger partial charge is 0.150 e. The van der Waals surface area contributed by atoms with Gasteiger partial charge in [-0.3, -0.25) is 4.68 Å². The molecule has 2 rings (SSSR count). The van der Waals surface area contributed by atoms with Crippen LogP contribution in [-0.4, -0.2) is 14.8 Å². The molecule has 0 amide bonds. The monoisotopic (exact) mass is 305 g/mol. The van der Waals surface area contributed by atoms with Crippen LogP contribution in [0.2, 0.25) is 0 Å². The van der Waals surface area contributed by atoms with E-state index < -0.39 is 0 Å². The third kappa shape index (κ3) is 3.89. The van der Waals surface area contributed by atoms with E-state index in [4.69, 9.17) is 4.74 Å². The van der Waals surface area contributed by atoms with Crippen molar-refractivity contribution < 1.29 is 37.4 Å². The summed E-state index contributed by atoms with van der Waals surface area (Å²) in [7, 11) is 1.84. The van der Waals surface area contributed by atoms with Gasteiger partial charge in [-0.1, -0.05) is 20.0 Å². The molecular weight excluding hydrogens is 291 g/mol. The second-order valence-corrected chi connectivity index (χ2v) is 3.95. The first kappa shape index (κ1) is 14.3. The number of ether oxygens (including phenoxy) is 1. The van der Waals surface area contributed by atoms with Gasteiger partial charge in [0.15, 0.2) is 5.75 Å². The molecule has 0 N–H and O–H groups in total. The summed E-state index contributed by atoms with van der Waals surface area (Å²) in [5.41, 5.74) is 1.08. The van der Waals surface area contributed by atoms with E-state index in [1.165, 1.54) is 0 Å². The molecule has 0 unspecified atom stereocenters. The topological polar surface area (TPSA) is 39.9 Å². The number of rotatable bonds is 3. The zero-order valence-corrected chi connectivity index (χ0v) is 13.1. The number of hydrogen-bond acceptors (Lipinski definition) is 3. The molecular formula is C12H14N3OY-. The molecule has 17 heavy (non-hydrogen) atoms. The van der Waals surface area contributed by atoms with Crippen molar-refractivity contribution in [3.63, 3.8) is 0 Å². The summed E-state index contributed by atoms with van der Waals surface area (Å²) in [6.45, 7) is 4.21. The summed E-state index contributed by atoms with van der Waals surface area (Å²) in [6.07, 6.45) is 5.23. The van der Waals surface area contributed by atoms with Gasteiger partial charge in [-0.15, -0.1) is 11.6 Å². The molecule has 2 heterocycles. The van der Waals surface area contributed by atoms with Crippen molar-refractivity contribution in [1.82, 2.24) is 14.8 Å². The molecule has 0 atom stereocenters. The van der Waals surface area contributed by atoms with Crippen LogP contribution in [0.15, 0.2) is 24.7 Å². The SMILES string of the molecule is CC(C)c1[c-]cc(Oc2cnn(C)c2)nc1.[Y]. The summed E-state index contributed by atoms with van der Waals surface area (Å²) in [4.78, 5) is 4.21. The Hall–Kier alpha value is -0.736. The Morgan fingerprint density at radius 2 is 2.12 bits per heavy atom. The van der Waals surface area contributed by atoms with Gasteiger partial charge in [0.2, 0.25) is 0 Å². The Morgan fingerprint density at radius 3 is 2.59 bits per heavy atom. The number of nitrogens with zero attached hydrogens (tertiary/aromatic N) is 3. The minimum Gasteiger partial charge on any atom is -0.496 e. The molecule has 0 aliphatic carbocycles. The Labute approximate surface area is 126 Å². The molecule has 1 radical (unpaired) electrons. The van der Waals surface area contributed by atoms with E-state index in [2.05, 4.69) is 30.0 Å². The number of aromatic nitrogens is 3. The normalized spacial score (nSPS) is 10.1. The van der Waals surface area contributed by atoms with Crippen molar-refractivity contribution in [3.05, 3.63) is 36.3 Å². The van der Waals surface area contributed by atoms with E-state index in [-0.39, 0.29) is 32.7 Å². The average molecular weight is 305 g/mol. The fraction of sp³-hybridized carbons (Fsp3) is 0.333. The van der Waals surface area contributed by atoms with Crippen molar-refractivity contribution in [2.45, 2.75) is 19.8 Å². The van der Waals surface area contributed by atoms with E-state index in [0.717, 1.165) is 5.56 Å². The van der Waals surface area contributed by atoms with Gasteiger partial charge < -0.3 is 9.72 Å². The quantitative estimate of drug-likeness (QED) is 0.818. The van der Waals surface area contributed by atoms with Crippen LogP contribution < -0.4 is 4.74 Å². The van der Waals surface area contributed by atoms with E-state index in [0.29, 0.717) is 17.5 Å². The molecule has 4 nitrogen and oxygen atoms in total. The van der Waals surface area contributed by atoms with Crippen molar-refractivity contribution in [2.75, 3.05) is 0 Å². The van der Waals surface area contributed by atoms with Gasteiger partial charge in [0.25, 0.3) is 0 Å². The first-order valence-corrected chi connectivity index (χ1v) is 5.19. The van der Waals surface area contributed by atoms with Gasteiger partial charge in [0.05, 0.1) is 12.4 Å². The minimum absolute atomic E-state index is 0. The van der Waals surface area contributed by atoms with Crippen LogP contribution in [0.1, 0.15) is 25.3 Å². The molecule has 0 aliphatic heterocycles. The van der Waals surface area contributed by atoms with E-state index in [1.807, 2.05) is 7.05 Å². The first-order valence-electron chi connectivity index (χ1n) is 5.19. The first-order chi connectivity index (χ1) is 7.65. The van der Waals surface area contributed by atoms with Gasteiger partial charge in [0, 0.05) is 39.8 Å². The molecule has 87 valence electrons. The standard InChI is InChI=1S/C12H14N3O.Y/c1-9(2)10-4-5-12(13-6-10)16-11-7-14-15(3)8-11;/h5-9H,1-3H3;/q-1;. The van der Waals surface area contributed by atoms with E-state index in [1.54, 1.807) is 29.3 Å². The fourth-order valence-corrected chi connectivity index (χ4v) is 1.30. The second-order valence-electron chi connectivity index (χ2n) is 3.95. The minimum atomic E-state index is 0. The maximum Gasteiger partial charge on any atom is 0.150 e. The molecule has 2 aromatic rings. The summed E-state index contributed by atoms with van der Waals surface area (Å²) >= 11 is 0. The van der Waals surface area contributed by atoms with Crippen LogP contribution in [0.5, 0.6) is 11.6 Å². The zero-order valence-electron chi connectivity index (χ0n) is 10.2. The molecule has 5 heteroatoms. The van der Waals surface area contributed by atoms with Gasteiger partial charge in [-0.25, -0.2) is 0 Å². The largest absolute Gasteiger partial charge is 0.496 e. The van der Waals surface area contributed by atoms with Gasteiger partial charge in [-0.05, 0) is 5.92 Å². The number of aryl methyl sites for hydroxylation is 1. The summed E-state index contributed by atoms with van der Waals surface area (Å²) in [6, 6.07) is 4.90. The second kappa shape index (κ2) is 6.27. The average Bonchev–Trinajstić information content (AvgIpc) is 2.65. The van der Waals surface area contributed by atoms with Crippen molar-refractivity contribution in [3.8, 4) is 11.6 Å². The summed E-state index contributed by atoms with van der Waals surface area (Å²) in [5.74, 6) is 1.65. The molecule has 0 saturated heterocycles. The van der Waals surface area contributed by atoms with E-state index >= 15 is 0 Å². The van der Waals surface area contributed by atoms with Gasteiger partial charge in [-0.2, -0.15) is 11.2 Å². The third-order valence-electron chi connectivity index (χ3n) is 2.22. The Bertz CT molecular complexity index is 465. The predicted octanol–water partition coefficient (Wildman–Crippen LogP) is 2.53. The Morgan fingerprint density at radius 1 is 1.35 bits per heavy atom. The maximum atomic E-state index is 5.51. The van der Waals surface area contributed by atoms with Crippen LogP contribution >= 0.6 is 0 Å². The molecule has 0 aromatic carbocycles. The fourth-order valence-electron chi connectivity index (χ4n) is 1.30. The maximum absolute atomic E-state index is 5.51. The zero-order chi connectivity index (χ0) is 11.5.